The molecule has 0 aliphatic carbocycles. The van der Waals surface area contributed by atoms with E-state index in [1.807, 2.05) is 0 Å². The van der Waals surface area contributed by atoms with Crippen molar-refractivity contribution in [2.75, 3.05) is 0 Å². The second-order valence-electron chi connectivity index (χ2n) is 2.71. The summed E-state index contributed by atoms with van der Waals surface area (Å²) in [6.07, 6.45) is -0.695. The zero-order chi connectivity index (χ0) is 13.0. The molecule has 1 atom stereocenters. The Bertz CT molecular complexity index is 379. The normalized spacial score (nSPS) is 14.4. The van der Waals surface area contributed by atoms with Gasteiger partial charge in [0.1, 0.15) is 5.78 Å². The van der Waals surface area contributed by atoms with Gasteiger partial charge in [-0.05, 0) is 6.92 Å². The number of carbonyl (C=O) groups is 2. The third-order valence-electron chi connectivity index (χ3n) is 1.11. The topological polar surface area (TPSA) is 147 Å². The quantitative estimate of drug-likeness (QED) is 0.350. The molecule has 1 unspecified atom stereocenters. The van der Waals surface area contributed by atoms with Crippen LogP contribution in [0.5, 0.6) is 0 Å². The Morgan fingerprint density at radius 3 is 2.00 bits per heavy atom. The summed E-state index contributed by atoms with van der Waals surface area (Å²) in [6, 6.07) is 0. The van der Waals surface area contributed by atoms with Crippen molar-refractivity contribution < 1.29 is 73.2 Å². The Morgan fingerprint density at radius 1 is 1.18 bits per heavy atom. The molecule has 12 heteroatoms. The second kappa shape index (κ2) is 7.78. The van der Waals surface area contributed by atoms with Crippen molar-refractivity contribution in [1.82, 2.24) is 0 Å². The van der Waals surface area contributed by atoms with E-state index in [1.54, 1.807) is 0 Å². The fourth-order valence-electron chi connectivity index (χ4n) is 0.603. The van der Waals surface area contributed by atoms with Crippen LogP contribution in [0.25, 0.3) is 0 Å². The van der Waals surface area contributed by atoms with Crippen molar-refractivity contribution in [3.05, 3.63) is 0 Å². The molecule has 0 aromatic rings. The molecule has 0 bridgehead atoms. The third kappa shape index (κ3) is 12.7. The van der Waals surface area contributed by atoms with E-state index in [1.165, 1.54) is 6.92 Å². The van der Waals surface area contributed by atoms with Crippen LogP contribution in [0.3, 0.4) is 0 Å². The molecule has 3 N–H and O–H groups in total. The van der Waals surface area contributed by atoms with Gasteiger partial charge in [0.2, 0.25) is 0 Å². The first kappa shape index (κ1) is 19.8. The van der Waals surface area contributed by atoms with Gasteiger partial charge >= 0.3 is 51.2 Å². The van der Waals surface area contributed by atoms with Crippen LogP contribution in [0.4, 0.5) is 0 Å². The summed E-state index contributed by atoms with van der Waals surface area (Å²) in [5.41, 5.74) is 0. The van der Waals surface area contributed by atoms with E-state index in [4.69, 9.17) is 14.7 Å². The molecule has 0 aliphatic rings. The monoisotopic (exact) mass is 300 g/mol. The van der Waals surface area contributed by atoms with Gasteiger partial charge in [-0.3, -0.25) is 9.69 Å². The molecular weight excluding hydrogens is 289 g/mol. The molecule has 0 rings (SSSR count). The van der Waals surface area contributed by atoms with Crippen LogP contribution in [0, 0.1) is 0 Å². The van der Waals surface area contributed by atoms with Crippen LogP contribution in [0.1, 0.15) is 21.2 Å². The molecular formula is C5H11NaO9P2. The van der Waals surface area contributed by atoms with Crippen molar-refractivity contribution >= 4 is 27.4 Å². The first-order chi connectivity index (χ1) is 7.02. The Balaban J connectivity index is -0.00000112. The van der Waals surface area contributed by atoms with E-state index >= 15 is 0 Å². The molecule has 0 saturated heterocycles. The molecule has 0 saturated carbocycles. The van der Waals surface area contributed by atoms with Crippen LogP contribution in [0.15, 0.2) is 0 Å². The molecule has 0 fully saturated rings. The van der Waals surface area contributed by atoms with E-state index in [2.05, 4.69) is 8.83 Å². The number of hydrogen-bond donors (Lipinski definition) is 3. The minimum absolute atomic E-state index is 0. The van der Waals surface area contributed by atoms with Crippen LogP contribution >= 0.6 is 15.6 Å². The average Bonchev–Trinajstić information content (AvgIpc) is 1.94. The summed E-state index contributed by atoms with van der Waals surface area (Å²) in [5.74, 6) is -1.62. The van der Waals surface area contributed by atoms with E-state index in [-0.39, 0.29) is 43.2 Å². The summed E-state index contributed by atoms with van der Waals surface area (Å²) in [7, 11) is -10.4. The Morgan fingerprint density at radius 2 is 1.65 bits per heavy atom. The number of Topliss-reactive ketones (excluding diaryl/α,β-unsaturated/α-hetero) is 1. The zero-order valence-corrected chi connectivity index (χ0v) is 12.9. The molecule has 0 spiro atoms. The fraction of sp³-hybridized carbons (Fsp3) is 0.600. The van der Waals surface area contributed by atoms with E-state index < -0.39 is 28.0 Å². The minimum atomic E-state index is -5.24. The van der Waals surface area contributed by atoms with Crippen molar-refractivity contribution in [1.29, 1.82) is 0 Å². The predicted octanol–water partition coefficient (Wildman–Crippen LogP) is -2.77. The average molecular weight is 300 g/mol. The van der Waals surface area contributed by atoms with Gasteiger partial charge < -0.3 is 20.5 Å². The van der Waals surface area contributed by atoms with Crippen molar-refractivity contribution in [2.24, 2.45) is 0 Å². The molecule has 0 heterocycles. The molecule has 9 nitrogen and oxygen atoms in total. The van der Waals surface area contributed by atoms with Gasteiger partial charge in [0.05, 0.1) is 6.42 Å². The summed E-state index contributed by atoms with van der Waals surface area (Å²) >= 11 is 0. The number of phosphoric acid groups is 2. The van der Waals surface area contributed by atoms with Crippen molar-refractivity contribution in [3.63, 3.8) is 0 Å². The van der Waals surface area contributed by atoms with Gasteiger partial charge in [-0.15, -0.1) is 0 Å². The summed E-state index contributed by atoms with van der Waals surface area (Å²) in [5, 5.41) is 0. The van der Waals surface area contributed by atoms with Gasteiger partial charge in [-0.1, -0.05) is 0 Å². The van der Waals surface area contributed by atoms with E-state index in [0.29, 0.717) is 0 Å². The van der Waals surface area contributed by atoms with E-state index in [0.717, 1.165) is 0 Å². The fourth-order valence-corrected chi connectivity index (χ4v) is 2.16. The van der Waals surface area contributed by atoms with Crippen LogP contribution in [0.2, 0.25) is 0 Å². The number of ketones is 1. The maximum absolute atomic E-state index is 10.8. The summed E-state index contributed by atoms with van der Waals surface area (Å²) in [4.78, 5) is 46.3. The molecule has 0 aliphatic heterocycles. The number of hydrogen-bond acceptors (Lipinski definition) is 6. The standard InChI is InChI=1S/C5H10O9P2.Na.H/c1-4(6)2-3-5(7)13-16(11,12)14-15(8,9)10;;/h2-3H2,1H3,(H,11,12)(H2,8,9,10);;/q;+1;-1. The van der Waals surface area contributed by atoms with E-state index in [9.17, 15) is 18.7 Å². The number of carbonyl (C=O) groups excluding carboxylic acids is 2. The van der Waals surface area contributed by atoms with Gasteiger partial charge in [0.15, 0.2) is 0 Å². The molecule has 0 aromatic carbocycles. The van der Waals surface area contributed by atoms with Crippen LogP contribution in [-0.2, 0) is 27.6 Å². The van der Waals surface area contributed by atoms with Gasteiger partial charge in [0, 0.05) is 6.42 Å². The summed E-state index contributed by atoms with van der Waals surface area (Å²) in [6.45, 7) is 1.19. The largest absolute Gasteiger partial charge is 1.00 e. The molecule has 0 radical (unpaired) electrons. The third-order valence-corrected chi connectivity index (χ3v) is 3.22. The molecule has 0 amide bonds. The molecule has 0 aromatic heterocycles. The Hall–Kier alpha value is 0.440. The SMILES string of the molecule is CC(=O)CCC(=O)OP(=O)(O)OP(=O)(O)O.[H-].[Na+]. The smallest absolute Gasteiger partial charge is 1.00 e. The second-order valence-corrected chi connectivity index (χ2v) is 5.46. The van der Waals surface area contributed by atoms with Gasteiger partial charge in [-0.25, -0.2) is 9.13 Å². The first-order valence-corrected chi connectivity index (χ1v) is 6.86. The summed E-state index contributed by atoms with van der Waals surface area (Å²) < 4.78 is 28.1. The predicted molar refractivity (Wildman–Crippen MR) is 50.1 cm³/mol. The zero-order valence-electron chi connectivity index (χ0n) is 10.1. The Kier molecular flexibility index (Phi) is 9.05. The minimum Gasteiger partial charge on any atom is -1.00 e. The first-order valence-electron chi connectivity index (χ1n) is 3.83. The van der Waals surface area contributed by atoms with Crippen molar-refractivity contribution in [3.8, 4) is 0 Å². The van der Waals surface area contributed by atoms with Crippen LogP contribution < -0.4 is 29.6 Å². The number of phosphoric ester groups is 1. The maximum atomic E-state index is 10.8. The Labute approximate surface area is 120 Å². The molecule has 17 heavy (non-hydrogen) atoms. The maximum Gasteiger partial charge on any atom is 1.00 e. The number of rotatable bonds is 6. The van der Waals surface area contributed by atoms with Crippen molar-refractivity contribution in [2.45, 2.75) is 19.8 Å². The van der Waals surface area contributed by atoms with Gasteiger partial charge in [0.25, 0.3) is 0 Å². The van der Waals surface area contributed by atoms with Gasteiger partial charge in [-0.2, -0.15) is 4.31 Å². The van der Waals surface area contributed by atoms with Crippen LogP contribution in [-0.4, -0.2) is 26.4 Å². The molecule has 96 valence electrons.